The van der Waals surface area contributed by atoms with Crippen molar-refractivity contribution in [3.63, 3.8) is 0 Å². The van der Waals surface area contributed by atoms with Gasteiger partial charge in [0.2, 0.25) is 0 Å². The minimum Gasteiger partial charge on any atom is -0.378 e. The molecule has 1 aromatic carbocycles. The van der Waals surface area contributed by atoms with E-state index >= 15 is 0 Å². The van der Waals surface area contributed by atoms with Crippen molar-refractivity contribution < 1.29 is 4.74 Å². The Kier molecular flexibility index (Phi) is 3.98. The van der Waals surface area contributed by atoms with Gasteiger partial charge in [-0.2, -0.15) is 0 Å². The Morgan fingerprint density at radius 1 is 1.24 bits per heavy atom. The van der Waals surface area contributed by atoms with Gasteiger partial charge in [-0.25, -0.2) is 0 Å². The summed E-state index contributed by atoms with van der Waals surface area (Å²) in [5.74, 6) is 0.704. The lowest BCUT2D eigenvalue weighted by Crippen LogP contribution is -2.69. The van der Waals surface area contributed by atoms with Crippen LogP contribution in [0.5, 0.6) is 0 Å². The normalized spacial score (nSPS) is 30.4. The Morgan fingerprint density at radius 3 is 2.62 bits per heavy atom. The molecule has 3 nitrogen and oxygen atoms in total. The molecule has 2 fully saturated rings. The smallest absolute Gasteiger partial charge is 0.0684 e. The summed E-state index contributed by atoms with van der Waals surface area (Å²) in [5, 5.41) is 3.78. The van der Waals surface area contributed by atoms with E-state index in [1.165, 1.54) is 24.1 Å². The van der Waals surface area contributed by atoms with E-state index in [0.29, 0.717) is 18.1 Å². The SMILES string of the molecule is CN(C)c1ccc(CNC2C3CCCOC3C2(C)C)cc1. The zero-order valence-electron chi connectivity index (χ0n) is 13.7. The van der Waals surface area contributed by atoms with Crippen LogP contribution in [0.3, 0.4) is 0 Å². The van der Waals surface area contributed by atoms with Gasteiger partial charge in [-0.3, -0.25) is 0 Å². The van der Waals surface area contributed by atoms with Gasteiger partial charge in [0.1, 0.15) is 0 Å². The predicted octanol–water partition coefficient (Wildman–Crippen LogP) is 3.05. The van der Waals surface area contributed by atoms with Crippen LogP contribution < -0.4 is 10.2 Å². The van der Waals surface area contributed by atoms with E-state index in [2.05, 4.69) is 62.4 Å². The third-order valence-corrected chi connectivity index (χ3v) is 5.31. The summed E-state index contributed by atoms with van der Waals surface area (Å²) >= 11 is 0. The van der Waals surface area contributed by atoms with E-state index in [0.717, 1.165) is 13.2 Å². The summed E-state index contributed by atoms with van der Waals surface area (Å²) in [6.45, 7) is 6.58. The Labute approximate surface area is 128 Å². The molecule has 116 valence electrons. The molecule has 1 aliphatic heterocycles. The van der Waals surface area contributed by atoms with Gasteiger partial charge in [0.15, 0.2) is 0 Å². The van der Waals surface area contributed by atoms with E-state index < -0.39 is 0 Å². The molecule has 1 saturated heterocycles. The average molecular weight is 288 g/mol. The van der Waals surface area contributed by atoms with E-state index in [1.807, 2.05) is 0 Å². The summed E-state index contributed by atoms with van der Waals surface area (Å²) in [6, 6.07) is 9.41. The van der Waals surface area contributed by atoms with Gasteiger partial charge in [-0.15, -0.1) is 0 Å². The Balaban J connectivity index is 1.59. The second kappa shape index (κ2) is 5.62. The largest absolute Gasteiger partial charge is 0.378 e. The van der Waals surface area contributed by atoms with E-state index in [-0.39, 0.29) is 5.41 Å². The summed E-state index contributed by atoms with van der Waals surface area (Å²) in [6.07, 6.45) is 2.98. The van der Waals surface area contributed by atoms with Crippen molar-refractivity contribution in [3.8, 4) is 0 Å². The molecule has 3 atom stereocenters. The number of hydrogen-bond donors (Lipinski definition) is 1. The number of ether oxygens (including phenoxy) is 1. The summed E-state index contributed by atoms with van der Waals surface area (Å²) < 4.78 is 5.97. The third kappa shape index (κ3) is 2.69. The first kappa shape index (κ1) is 14.9. The molecule has 3 rings (SSSR count). The van der Waals surface area contributed by atoms with Crippen molar-refractivity contribution in [3.05, 3.63) is 29.8 Å². The van der Waals surface area contributed by atoms with Gasteiger partial charge in [0.05, 0.1) is 6.10 Å². The number of nitrogens with one attached hydrogen (secondary N) is 1. The molecule has 21 heavy (non-hydrogen) atoms. The number of nitrogens with zero attached hydrogens (tertiary/aromatic N) is 1. The monoisotopic (exact) mass is 288 g/mol. The first-order valence-corrected chi connectivity index (χ1v) is 8.11. The minimum absolute atomic E-state index is 0.259. The van der Waals surface area contributed by atoms with Crippen molar-refractivity contribution in [1.29, 1.82) is 0 Å². The van der Waals surface area contributed by atoms with Gasteiger partial charge in [0.25, 0.3) is 0 Å². The van der Waals surface area contributed by atoms with Crippen LogP contribution in [0.2, 0.25) is 0 Å². The Morgan fingerprint density at radius 2 is 1.95 bits per heavy atom. The van der Waals surface area contributed by atoms with Gasteiger partial charge in [-0.05, 0) is 30.5 Å². The van der Waals surface area contributed by atoms with Crippen molar-refractivity contribution in [1.82, 2.24) is 5.32 Å². The van der Waals surface area contributed by atoms with Crippen LogP contribution in [-0.2, 0) is 11.3 Å². The standard InChI is InChI=1S/C18H28N2O/c1-18(2)16(15-6-5-11-21-17(15)18)19-12-13-7-9-14(10-8-13)20(3)4/h7-10,15-17,19H,5-6,11-12H2,1-4H3. The van der Waals surface area contributed by atoms with Crippen molar-refractivity contribution in [2.75, 3.05) is 25.6 Å². The van der Waals surface area contributed by atoms with Gasteiger partial charge in [-0.1, -0.05) is 26.0 Å². The molecular weight excluding hydrogens is 260 g/mol. The molecule has 0 bridgehead atoms. The van der Waals surface area contributed by atoms with E-state index in [4.69, 9.17) is 4.74 Å². The fourth-order valence-corrected chi connectivity index (χ4v) is 4.08. The average Bonchev–Trinajstić information content (AvgIpc) is 2.48. The van der Waals surface area contributed by atoms with Crippen LogP contribution >= 0.6 is 0 Å². The molecule has 2 aliphatic rings. The molecule has 0 spiro atoms. The highest BCUT2D eigenvalue weighted by molar-refractivity contribution is 5.45. The molecule has 1 saturated carbocycles. The molecule has 0 aromatic heterocycles. The van der Waals surface area contributed by atoms with E-state index in [9.17, 15) is 0 Å². The number of anilines is 1. The predicted molar refractivity (Wildman–Crippen MR) is 87.6 cm³/mol. The summed E-state index contributed by atoms with van der Waals surface area (Å²) in [5.41, 5.74) is 2.87. The second-order valence-electron chi connectivity index (χ2n) is 7.34. The van der Waals surface area contributed by atoms with Crippen molar-refractivity contribution >= 4 is 5.69 Å². The highest BCUT2D eigenvalue weighted by Gasteiger charge is 2.57. The maximum absolute atomic E-state index is 5.97. The van der Waals surface area contributed by atoms with E-state index in [1.54, 1.807) is 0 Å². The minimum atomic E-state index is 0.259. The van der Waals surface area contributed by atoms with Gasteiger partial charge >= 0.3 is 0 Å². The quantitative estimate of drug-likeness (QED) is 0.921. The third-order valence-electron chi connectivity index (χ3n) is 5.31. The molecule has 0 radical (unpaired) electrons. The fraction of sp³-hybridized carbons (Fsp3) is 0.667. The maximum Gasteiger partial charge on any atom is 0.0684 e. The Hall–Kier alpha value is -1.06. The topological polar surface area (TPSA) is 24.5 Å². The van der Waals surface area contributed by atoms with Crippen molar-refractivity contribution in [2.45, 2.75) is 45.4 Å². The zero-order chi connectivity index (χ0) is 15.0. The van der Waals surface area contributed by atoms with Gasteiger partial charge in [0, 0.05) is 50.3 Å². The van der Waals surface area contributed by atoms with Crippen LogP contribution in [0.4, 0.5) is 5.69 Å². The Bertz CT molecular complexity index is 480. The van der Waals surface area contributed by atoms with Crippen LogP contribution in [0, 0.1) is 11.3 Å². The van der Waals surface area contributed by atoms with Crippen molar-refractivity contribution in [2.24, 2.45) is 11.3 Å². The number of rotatable bonds is 4. The highest BCUT2D eigenvalue weighted by atomic mass is 16.5. The lowest BCUT2D eigenvalue weighted by Gasteiger charge is -2.60. The highest BCUT2D eigenvalue weighted by Crippen LogP contribution is 2.51. The maximum atomic E-state index is 5.97. The number of benzene rings is 1. The zero-order valence-corrected chi connectivity index (χ0v) is 13.7. The molecule has 1 N–H and O–H groups in total. The van der Waals surface area contributed by atoms with Crippen LogP contribution in [0.1, 0.15) is 32.3 Å². The summed E-state index contributed by atoms with van der Waals surface area (Å²) in [7, 11) is 4.15. The van der Waals surface area contributed by atoms with Crippen LogP contribution in [0.15, 0.2) is 24.3 Å². The van der Waals surface area contributed by atoms with Crippen LogP contribution in [-0.4, -0.2) is 32.8 Å². The first-order valence-electron chi connectivity index (χ1n) is 8.11. The first-order chi connectivity index (χ1) is 10.00. The molecule has 1 heterocycles. The molecule has 1 aliphatic carbocycles. The molecular formula is C18H28N2O. The fourth-order valence-electron chi connectivity index (χ4n) is 4.08. The summed E-state index contributed by atoms with van der Waals surface area (Å²) in [4.78, 5) is 2.14. The lowest BCUT2D eigenvalue weighted by atomic mass is 9.55. The second-order valence-corrected chi connectivity index (χ2v) is 7.34. The molecule has 1 aromatic rings. The number of fused-ring (bicyclic) bond motifs is 1. The molecule has 3 heteroatoms. The number of hydrogen-bond acceptors (Lipinski definition) is 3. The van der Waals surface area contributed by atoms with Gasteiger partial charge < -0.3 is 15.0 Å². The van der Waals surface area contributed by atoms with Crippen LogP contribution in [0.25, 0.3) is 0 Å². The molecule has 3 unspecified atom stereocenters. The molecule has 0 amide bonds. The lowest BCUT2D eigenvalue weighted by molar-refractivity contribution is -0.192.